The summed E-state index contributed by atoms with van der Waals surface area (Å²) in [6.07, 6.45) is 3.94. The standard InChI is InChI=1S/C32H41N3O5/c1-31(2,3)39-24-17-15-22(16-18-24)20-25(34-30(37)40-32(4,5)6)29(36)35-19-11-10-14-26(35)28-33-21-27(38-28)23-12-8-7-9-13-23/h7-9,12-13,15-18,21,25-26H,10-11,14,19-20H2,1-6H3,(H,34,37)/t25-,26?/m1/s1. The Bertz CT molecular complexity index is 1270. The van der Waals surface area contributed by atoms with E-state index in [0.717, 1.165) is 36.1 Å². The molecular formula is C32H41N3O5. The quantitative estimate of drug-likeness (QED) is 0.353. The largest absolute Gasteiger partial charge is 0.488 e. The first-order valence-corrected chi connectivity index (χ1v) is 14.0. The number of hydrogen-bond acceptors (Lipinski definition) is 6. The van der Waals surface area contributed by atoms with Gasteiger partial charge in [-0.15, -0.1) is 0 Å². The molecule has 8 heteroatoms. The van der Waals surface area contributed by atoms with Crippen molar-refractivity contribution in [2.75, 3.05) is 6.54 Å². The Balaban J connectivity index is 1.57. The number of carbonyl (C=O) groups is 2. The van der Waals surface area contributed by atoms with Gasteiger partial charge in [0, 0.05) is 18.5 Å². The Morgan fingerprint density at radius 1 is 1.00 bits per heavy atom. The molecule has 40 heavy (non-hydrogen) atoms. The van der Waals surface area contributed by atoms with Gasteiger partial charge in [0.15, 0.2) is 5.76 Å². The van der Waals surface area contributed by atoms with Crippen molar-refractivity contribution in [3.8, 4) is 17.1 Å². The van der Waals surface area contributed by atoms with Crippen LogP contribution in [0.2, 0.25) is 0 Å². The number of rotatable bonds is 7. The summed E-state index contributed by atoms with van der Waals surface area (Å²) in [6, 6.07) is 16.3. The maximum Gasteiger partial charge on any atom is 0.408 e. The third kappa shape index (κ3) is 8.10. The molecule has 3 aromatic rings. The van der Waals surface area contributed by atoms with Crippen molar-refractivity contribution in [2.45, 2.75) is 90.5 Å². The van der Waals surface area contributed by atoms with Crippen LogP contribution in [0.1, 0.15) is 78.3 Å². The molecule has 0 aliphatic carbocycles. The molecule has 1 aliphatic heterocycles. The maximum atomic E-state index is 14.1. The number of oxazole rings is 1. The van der Waals surface area contributed by atoms with Gasteiger partial charge in [0.2, 0.25) is 11.8 Å². The lowest BCUT2D eigenvalue weighted by Crippen LogP contribution is -2.52. The zero-order valence-corrected chi connectivity index (χ0v) is 24.4. The molecule has 214 valence electrons. The second-order valence-corrected chi connectivity index (χ2v) is 12.2. The predicted molar refractivity (Wildman–Crippen MR) is 154 cm³/mol. The first-order valence-electron chi connectivity index (χ1n) is 14.0. The average molecular weight is 548 g/mol. The zero-order chi connectivity index (χ0) is 28.9. The van der Waals surface area contributed by atoms with Crippen molar-refractivity contribution in [1.82, 2.24) is 15.2 Å². The number of aromatic nitrogens is 1. The van der Waals surface area contributed by atoms with Crippen LogP contribution in [-0.2, 0) is 16.0 Å². The molecule has 1 aliphatic rings. The monoisotopic (exact) mass is 547 g/mol. The van der Waals surface area contributed by atoms with Crippen LogP contribution in [0.4, 0.5) is 4.79 Å². The number of nitrogens with zero attached hydrogens (tertiary/aromatic N) is 2. The summed E-state index contributed by atoms with van der Waals surface area (Å²) >= 11 is 0. The molecule has 8 nitrogen and oxygen atoms in total. The number of alkyl carbamates (subject to hydrolysis) is 1. The SMILES string of the molecule is CC(C)(C)OC(=O)N[C@H](Cc1ccc(OC(C)(C)C)cc1)C(=O)N1CCCCC1c1ncc(-c2ccccc2)o1. The van der Waals surface area contributed by atoms with Gasteiger partial charge in [-0.2, -0.15) is 0 Å². The van der Waals surface area contributed by atoms with Crippen molar-refractivity contribution < 1.29 is 23.5 Å². The molecule has 0 saturated carbocycles. The van der Waals surface area contributed by atoms with Gasteiger partial charge in [0.25, 0.3) is 0 Å². The smallest absolute Gasteiger partial charge is 0.408 e. The maximum absolute atomic E-state index is 14.1. The number of piperidine rings is 1. The molecule has 2 aromatic carbocycles. The fraction of sp³-hybridized carbons (Fsp3) is 0.469. The number of ether oxygens (including phenoxy) is 2. The fourth-order valence-electron chi connectivity index (χ4n) is 4.76. The normalized spacial score (nSPS) is 16.8. The predicted octanol–water partition coefficient (Wildman–Crippen LogP) is 6.71. The number of nitrogens with one attached hydrogen (secondary N) is 1. The highest BCUT2D eigenvalue weighted by atomic mass is 16.6. The summed E-state index contributed by atoms with van der Waals surface area (Å²) in [5.41, 5.74) is 0.815. The number of likely N-dealkylation sites (tertiary alicyclic amines) is 1. The van der Waals surface area contributed by atoms with Gasteiger partial charge in [-0.3, -0.25) is 4.79 Å². The Morgan fingerprint density at radius 2 is 1.70 bits per heavy atom. The minimum absolute atomic E-state index is 0.190. The van der Waals surface area contributed by atoms with Crippen LogP contribution in [0.5, 0.6) is 5.75 Å². The summed E-state index contributed by atoms with van der Waals surface area (Å²) in [7, 11) is 0. The number of amides is 2. The fourth-order valence-corrected chi connectivity index (χ4v) is 4.76. The first kappa shape index (κ1) is 29.2. The van der Waals surface area contributed by atoms with E-state index in [2.05, 4.69) is 10.3 Å². The lowest BCUT2D eigenvalue weighted by atomic mass is 9.98. The van der Waals surface area contributed by atoms with E-state index >= 15 is 0 Å². The lowest BCUT2D eigenvalue weighted by molar-refractivity contribution is -0.138. The highest BCUT2D eigenvalue weighted by Crippen LogP contribution is 2.33. The van der Waals surface area contributed by atoms with E-state index in [4.69, 9.17) is 13.9 Å². The molecule has 2 heterocycles. The van der Waals surface area contributed by atoms with Crippen LogP contribution >= 0.6 is 0 Å². The third-order valence-electron chi connectivity index (χ3n) is 6.43. The van der Waals surface area contributed by atoms with Crippen LogP contribution in [0, 0.1) is 0 Å². The van der Waals surface area contributed by atoms with Crippen molar-refractivity contribution >= 4 is 12.0 Å². The second kappa shape index (κ2) is 12.1. The highest BCUT2D eigenvalue weighted by molar-refractivity contribution is 5.86. The molecule has 1 saturated heterocycles. The summed E-state index contributed by atoms with van der Waals surface area (Å²) < 4.78 is 17.6. The van der Waals surface area contributed by atoms with Crippen LogP contribution < -0.4 is 10.1 Å². The first-order chi connectivity index (χ1) is 18.9. The molecule has 1 unspecified atom stereocenters. The van der Waals surface area contributed by atoms with Crippen LogP contribution in [-0.4, -0.2) is 45.7 Å². The lowest BCUT2D eigenvalue weighted by Gasteiger charge is -2.36. The molecular weight excluding hydrogens is 506 g/mol. The molecule has 0 radical (unpaired) electrons. The zero-order valence-electron chi connectivity index (χ0n) is 24.4. The van der Waals surface area contributed by atoms with Gasteiger partial charge in [-0.05, 0) is 78.5 Å². The van der Waals surface area contributed by atoms with E-state index in [0.29, 0.717) is 24.6 Å². The molecule has 1 fully saturated rings. The Morgan fingerprint density at radius 3 is 2.35 bits per heavy atom. The summed E-state index contributed by atoms with van der Waals surface area (Å²) in [5, 5.41) is 2.84. The van der Waals surface area contributed by atoms with Gasteiger partial charge in [-0.1, -0.05) is 42.5 Å². The van der Waals surface area contributed by atoms with Gasteiger partial charge < -0.3 is 24.1 Å². The van der Waals surface area contributed by atoms with Crippen molar-refractivity contribution in [3.63, 3.8) is 0 Å². The topological polar surface area (TPSA) is 93.9 Å². The number of hydrogen-bond donors (Lipinski definition) is 1. The molecule has 4 rings (SSSR count). The van der Waals surface area contributed by atoms with E-state index in [1.807, 2.05) is 75.4 Å². The molecule has 2 amide bonds. The van der Waals surface area contributed by atoms with Crippen LogP contribution in [0.3, 0.4) is 0 Å². The third-order valence-corrected chi connectivity index (χ3v) is 6.43. The molecule has 0 spiro atoms. The van der Waals surface area contributed by atoms with Crippen molar-refractivity contribution in [1.29, 1.82) is 0 Å². The number of benzene rings is 2. The van der Waals surface area contributed by atoms with E-state index in [9.17, 15) is 9.59 Å². The van der Waals surface area contributed by atoms with Crippen LogP contribution in [0.25, 0.3) is 11.3 Å². The Hall–Kier alpha value is -3.81. The average Bonchev–Trinajstić information content (AvgIpc) is 3.38. The molecule has 0 bridgehead atoms. The minimum atomic E-state index is -0.826. The van der Waals surface area contributed by atoms with E-state index in [1.54, 1.807) is 31.9 Å². The van der Waals surface area contributed by atoms with Crippen LogP contribution in [0.15, 0.2) is 65.2 Å². The van der Waals surface area contributed by atoms with E-state index < -0.39 is 17.7 Å². The van der Waals surface area contributed by atoms with E-state index in [-0.39, 0.29) is 17.6 Å². The van der Waals surface area contributed by atoms with E-state index in [1.165, 1.54) is 0 Å². The van der Waals surface area contributed by atoms with Gasteiger partial charge in [0.1, 0.15) is 29.0 Å². The summed E-state index contributed by atoms with van der Waals surface area (Å²) in [4.78, 5) is 33.2. The number of carbonyl (C=O) groups excluding carboxylic acids is 2. The highest BCUT2D eigenvalue weighted by Gasteiger charge is 2.36. The molecule has 1 N–H and O–H groups in total. The molecule has 1 aromatic heterocycles. The molecule has 2 atom stereocenters. The van der Waals surface area contributed by atoms with Crippen molar-refractivity contribution in [3.05, 3.63) is 72.2 Å². The minimum Gasteiger partial charge on any atom is -0.488 e. The summed E-state index contributed by atoms with van der Waals surface area (Å²) in [5.74, 6) is 1.72. The van der Waals surface area contributed by atoms with Gasteiger partial charge >= 0.3 is 6.09 Å². The summed E-state index contributed by atoms with van der Waals surface area (Å²) in [6.45, 7) is 11.9. The van der Waals surface area contributed by atoms with Gasteiger partial charge in [-0.25, -0.2) is 9.78 Å². The Labute approximate surface area is 237 Å². The van der Waals surface area contributed by atoms with Gasteiger partial charge in [0.05, 0.1) is 6.20 Å². The second-order valence-electron chi connectivity index (χ2n) is 12.2. The Kier molecular flexibility index (Phi) is 8.86. The van der Waals surface area contributed by atoms with Crippen molar-refractivity contribution in [2.24, 2.45) is 0 Å².